The molecule has 3 aromatic heterocycles. The molecule has 2 heteroatoms. The lowest BCUT2D eigenvalue weighted by molar-refractivity contribution is 0.125. The van der Waals surface area contributed by atoms with Crippen molar-refractivity contribution in [1.82, 2.24) is 8.97 Å². The van der Waals surface area contributed by atoms with Crippen LogP contribution in [0.3, 0.4) is 0 Å². The SMILES string of the molecule is CC1(C)c2cc(-c3ccc4c5cccc6c7ccccc7n(c4c3)c65)c(-c3ccccc3-n3c4ccccc4c4ccccc43)cc2C(C)(C)C1(C)C. The molecule has 53 heavy (non-hydrogen) atoms. The Kier molecular flexibility index (Phi) is 5.90. The average Bonchev–Trinajstić information content (AvgIpc) is 3.84. The quantitative estimate of drug-likeness (QED) is 0.175. The first kappa shape index (κ1) is 30.7. The second-order valence-corrected chi connectivity index (χ2v) is 17.0. The monoisotopic (exact) mass is 682 g/mol. The minimum atomic E-state index is -0.0316. The maximum atomic E-state index is 2.57. The Morgan fingerprint density at radius 2 is 0.868 bits per heavy atom. The highest BCUT2D eigenvalue weighted by atomic mass is 15.0. The van der Waals surface area contributed by atoms with Crippen molar-refractivity contribution in [2.75, 3.05) is 0 Å². The predicted octanol–water partition coefficient (Wildman–Crippen LogP) is 13.9. The first-order chi connectivity index (χ1) is 25.6. The highest BCUT2D eigenvalue weighted by Gasteiger charge is 2.57. The number of benzene rings is 7. The lowest BCUT2D eigenvalue weighted by atomic mass is 9.59. The third kappa shape index (κ3) is 3.74. The van der Waals surface area contributed by atoms with Gasteiger partial charge in [0, 0.05) is 37.9 Å². The van der Waals surface area contributed by atoms with Crippen molar-refractivity contribution in [1.29, 1.82) is 0 Å². The van der Waals surface area contributed by atoms with Gasteiger partial charge in [-0.3, -0.25) is 0 Å². The molecule has 10 aromatic rings. The van der Waals surface area contributed by atoms with Crippen LogP contribution in [0.15, 0.2) is 146 Å². The number of aromatic nitrogens is 2. The van der Waals surface area contributed by atoms with Gasteiger partial charge in [0.15, 0.2) is 0 Å². The van der Waals surface area contributed by atoms with Crippen LogP contribution in [0.4, 0.5) is 0 Å². The molecule has 0 atom stereocenters. The standard InChI is InChI=1S/C51H42N2/c1-49(2)41-29-39(31-26-27-36-38-21-15-20-37-34-18-9-14-25-46(34)53(48(37)38)47(36)28-31)40(30-42(41)50(3,4)51(49,5)6)35-19-10-13-24-45(35)52-43-22-11-7-16-32(43)33-17-8-12-23-44(33)52/h7-30H,1-6H3. The molecule has 0 fully saturated rings. The Morgan fingerprint density at radius 3 is 1.51 bits per heavy atom. The molecule has 0 spiro atoms. The summed E-state index contributed by atoms with van der Waals surface area (Å²) in [5, 5.41) is 7.80. The van der Waals surface area contributed by atoms with Crippen LogP contribution in [0, 0.1) is 5.41 Å². The summed E-state index contributed by atoms with van der Waals surface area (Å²) in [6.07, 6.45) is 0. The fourth-order valence-corrected chi connectivity index (χ4v) is 10.2. The first-order valence-electron chi connectivity index (χ1n) is 19.0. The molecule has 7 aromatic carbocycles. The molecule has 2 nitrogen and oxygen atoms in total. The normalized spacial score (nSPS) is 16.2. The topological polar surface area (TPSA) is 9.34 Å². The van der Waals surface area contributed by atoms with E-state index in [-0.39, 0.29) is 16.2 Å². The van der Waals surface area contributed by atoms with E-state index in [0.29, 0.717) is 0 Å². The number of fused-ring (bicyclic) bond motifs is 10. The number of hydrogen-bond acceptors (Lipinski definition) is 0. The molecule has 0 radical (unpaired) electrons. The first-order valence-corrected chi connectivity index (χ1v) is 19.0. The number of rotatable bonds is 3. The molecule has 0 N–H and O–H groups in total. The van der Waals surface area contributed by atoms with E-state index >= 15 is 0 Å². The van der Waals surface area contributed by atoms with Gasteiger partial charge in [-0.1, -0.05) is 145 Å². The highest BCUT2D eigenvalue weighted by Crippen LogP contribution is 2.63. The Morgan fingerprint density at radius 1 is 0.377 bits per heavy atom. The van der Waals surface area contributed by atoms with E-state index in [4.69, 9.17) is 0 Å². The highest BCUT2D eigenvalue weighted by molar-refractivity contribution is 6.23. The minimum absolute atomic E-state index is 0.0266. The van der Waals surface area contributed by atoms with Gasteiger partial charge < -0.3 is 8.97 Å². The molecule has 0 aliphatic heterocycles. The van der Waals surface area contributed by atoms with Gasteiger partial charge in [-0.25, -0.2) is 0 Å². The molecule has 1 aliphatic rings. The number of nitrogens with zero attached hydrogens (tertiary/aromatic N) is 2. The van der Waals surface area contributed by atoms with Crippen LogP contribution < -0.4 is 0 Å². The lowest BCUT2D eigenvalue weighted by Crippen LogP contribution is -2.42. The Balaban J connectivity index is 1.26. The summed E-state index contributed by atoms with van der Waals surface area (Å²) in [6.45, 7) is 14.8. The minimum Gasteiger partial charge on any atom is -0.309 e. The van der Waals surface area contributed by atoms with E-state index in [9.17, 15) is 0 Å². The maximum absolute atomic E-state index is 2.57. The van der Waals surface area contributed by atoms with Crippen molar-refractivity contribution >= 4 is 59.9 Å². The second-order valence-electron chi connectivity index (χ2n) is 17.0. The maximum Gasteiger partial charge on any atom is 0.0620 e. The largest absolute Gasteiger partial charge is 0.309 e. The summed E-state index contributed by atoms with van der Waals surface area (Å²) in [5.41, 5.74) is 15.4. The summed E-state index contributed by atoms with van der Waals surface area (Å²) >= 11 is 0. The molecule has 3 heterocycles. The Bertz CT molecular complexity index is 3090. The zero-order valence-electron chi connectivity index (χ0n) is 31.3. The molecule has 0 bridgehead atoms. The van der Waals surface area contributed by atoms with Crippen molar-refractivity contribution in [2.24, 2.45) is 5.41 Å². The average molecular weight is 683 g/mol. The summed E-state index contributed by atoms with van der Waals surface area (Å²) < 4.78 is 4.99. The van der Waals surface area contributed by atoms with Crippen LogP contribution >= 0.6 is 0 Å². The van der Waals surface area contributed by atoms with Gasteiger partial charge in [-0.05, 0) is 86.5 Å². The van der Waals surface area contributed by atoms with Gasteiger partial charge in [0.05, 0.1) is 33.3 Å². The molecule has 0 saturated carbocycles. The van der Waals surface area contributed by atoms with Gasteiger partial charge in [0.1, 0.15) is 0 Å². The molecule has 256 valence electrons. The molecular formula is C51H42N2. The van der Waals surface area contributed by atoms with Crippen LogP contribution in [-0.4, -0.2) is 8.97 Å². The van der Waals surface area contributed by atoms with E-state index in [1.165, 1.54) is 99.0 Å². The van der Waals surface area contributed by atoms with E-state index in [2.05, 4.69) is 196 Å². The van der Waals surface area contributed by atoms with Crippen LogP contribution in [-0.2, 0) is 10.8 Å². The van der Waals surface area contributed by atoms with Crippen molar-refractivity contribution < 1.29 is 0 Å². The van der Waals surface area contributed by atoms with Crippen LogP contribution in [0.25, 0.3) is 87.8 Å². The van der Waals surface area contributed by atoms with Gasteiger partial charge in [0.25, 0.3) is 0 Å². The molecule has 0 amide bonds. The fourth-order valence-electron chi connectivity index (χ4n) is 10.2. The van der Waals surface area contributed by atoms with E-state index in [1.54, 1.807) is 0 Å². The molecule has 0 saturated heterocycles. The summed E-state index contributed by atoms with van der Waals surface area (Å²) in [7, 11) is 0. The van der Waals surface area contributed by atoms with E-state index in [0.717, 1.165) is 0 Å². The van der Waals surface area contributed by atoms with Gasteiger partial charge in [-0.2, -0.15) is 0 Å². The Hall–Kier alpha value is -5.86. The summed E-state index contributed by atoms with van der Waals surface area (Å²) in [4.78, 5) is 0. The van der Waals surface area contributed by atoms with Crippen molar-refractivity contribution in [3.05, 3.63) is 157 Å². The third-order valence-electron chi connectivity index (χ3n) is 14.2. The summed E-state index contributed by atoms with van der Waals surface area (Å²) in [5.74, 6) is 0. The zero-order valence-corrected chi connectivity index (χ0v) is 31.3. The predicted molar refractivity (Wildman–Crippen MR) is 226 cm³/mol. The van der Waals surface area contributed by atoms with Crippen molar-refractivity contribution in [3.63, 3.8) is 0 Å². The smallest absolute Gasteiger partial charge is 0.0620 e. The van der Waals surface area contributed by atoms with E-state index in [1.807, 2.05) is 0 Å². The number of hydrogen-bond donors (Lipinski definition) is 0. The summed E-state index contributed by atoms with van der Waals surface area (Å²) in [6, 6.07) is 54.8. The zero-order chi connectivity index (χ0) is 36.0. The molecular weight excluding hydrogens is 641 g/mol. The van der Waals surface area contributed by atoms with Gasteiger partial charge >= 0.3 is 0 Å². The number of para-hydroxylation sites is 5. The Labute approximate surface area is 310 Å². The second kappa shape index (κ2) is 10.2. The van der Waals surface area contributed by atoms with Crippen LogP contribution in [0.2, 0.25) is 0 Å². The van der Waals surface area contributed by atoms with Crippen molar-refractivity contribution in [3.8, 4) is 27.9 Å². The van der Waals surface area contributed by atoms with Crippen molar-refractivity contribution in [2.45, 2.75) is 52.4 Å². The molecule has 11 rings (SSSR count). The van der Waals surface area contributed by atoms with Gasteiger partial charge in [0.2, 0.25) is 0 Å². The fraction of sp³-hybridized carbons (Fsp3) is 0.176. The molecule has 1 aliphatic carbocycles. The third-order valence-corrected chi connectivity index (χ3v) is 14.2. The lowest BCUT2D eigenvalue weighted by Gasteiger charge is -2.44. The van der Waals surface area contributed by atoms with Crippen LogP contribution in [0.1, 0.15) is 52.7 Å². The van der Waals surface area contributed by atoms with Crippen LogP contribution in [0.5, 0.6) is 0 Å². The molecule has 0 unspecified atom stereocenters. The van der Waals surface area contributed by atoms with Gasteiger partial charge in [-0.15, -0.1) is 0 Å². The van der Waals surface area contributed by atoms with E-state index < -0.39 is 0 Å².